The second kappa shape index (κ2) is 7.60. The number of hydrogen-bond donors (Lipinski definition) is 1. The Morgan fingerprint density at radius 3 is 2.48 bits per heavy atom. The average Bonchev–Trinajstić information content (AvgIpc) is 3.29. The van der Waals surface area contributed by atoms with Gasteiger partial charge in [-0.1, -0.05) is 17.7 Å². The van der Waals surface area contributed by atoms with E-state index < -0.39 is 0 Å². The second-order valence-corrected chi connectivity index (χ2v) is 7.71. The number of thiophene rings is 1. The first-order valence-electron chi connectivity index (χ1n) is 9.09. The molecule has 1 amide bonds. The summed E-state index contributed by atoms with van der Waals surface area (Å²) in [7, 11) is 3.15. The molecule has 2 heterocycles. The second-order valence-electron chi connectivity index (χ2n) is 6.68. The maximum absolute atomic E-state index is 12.9. The Hall–Kier alpha value is -3.32. The molecule has 0 aliphatic heterocycles. The number of fused-ring (bicyclic) bond motifs is 1. The number of aryl methyl sites for hydroxylation is 2. The number of nitrogens with zero attached hydrogens (tertiary/aromatic N) is 2. The van der Waals surface area contributed by atoms with Gasteiger partial charge in [0.15, 0.2) is 0 Å². The van der Waals surface area contributed by atoms with Crippen LogP contribution in [-0.4, -0.2) is 29.9 Å². The van der Waals surface area contributed by atoms with Crippen LogP contribution in [0.3, 0.4) is 0 Å². The molecule has 148 valence electrons. The molecule has 0 unspecified atom stereocenters. The number of amides is 1. The Labute approximate surface area is 172 Å². The zero-order chi connectivity index (χ0) is 20.5. The van der Waals surface area contributed by atoms with E-state index in [-0.39, 0.29) is 5.91 Å². The third-order valence-corrected chi connectivity index (χ3v) is 5.81. The first-order valence-corrected chi connectivity index (χ1v) is 9.91. The van der Waals surface area contributed by atoms with Crippen molar-refractivity contribution in [1.29, 1.82) is 0 Å². The number of aromatic nitrogens is 2. The van der Waals surface area contributed by atoms with E-state index in [0.717, 1.165) is 21.6 Å². The molecule has 2 aromatic carbocycles. The Morgan fingerprint density at radius 2 is 1.79 bits per heavy atom. The highest BCUT2D eigenvalue weighted by Crippen LogP contribution is 2.33. The number of benzene rings is 2. The van der Waals surface area contributed by atoms with Crippen molar-refractivity contribution in [2.45, 2.75) is 13.8 Å². The number of rotatable bonds is 5. The van der Waals surface area contributed by atoms with Crippen LogP contribution < -0.4 is 14.8 Å². The summed E-state index contributed by atoms with van der Waals surface area (Å²) in [5.41, 5.74) is 3.60. The number of nitrogens with one attached hydrogen (secondary N) is 1. The first kappa shape index (κ1) is 19.0. The van der Waals surface area contributed by atoms with Crippen molar-refractivity contribution in [3.05, 3.63) is 64.7 Å². The predicted molar refractivity (Wildman–Crippen MR) is 116 cm³/mol. The molecule has 0 radical (unpaired) electrons. The van der Waals surface area contributed by atoms with Crippen LogP contribution in [-0.2, 0) is 0 Å². The largest absolute Gasteiger partial charge is 0.497 e. The Bertz CT molecular complexity index is 1190. The summed E-state index contributed by atoms with van der Waals surface area (Å²) in [5, 5.41) is 8.54. The Balaban J connectivity index is 1.69. The predicted octanol–water partition coefficient (Wildman–Crippen LogP) is 4.97. The number of ether oxygens (including phenoxy) is 2. The number of anilines is 1. The number of carbonyl (C=O) groups is 1. The van der Waals surface area contributed by atoms with Crippen LogP contribution in [0.2, 0.25) is 0 Å². The van der Waals surface area contributed by atoms with Crippen molar-refractivity contribution in [3.8, 4) is 17.2 Å². The van der Waals surface area contributed by atoms with Crippen molar-refractivity contribution in [3.63, 3.8) is 0 Å². The van der Waals surface area contributed by atoms with Gasteiger partial charge in [0.1, 0.15) is 16.3 Å². The van der Waals surface area contributed by atoms with Gasteiger partial charge in [-0.2, -0.15) is 5.10 Å². The summed E-state index contributed by atoms with van der Waals surface area (Å²) in [4.78, 5) is 14.5. The van der Waals surface area contributed by atoms with E-state index in [9.17, 15) is 4.79 Å². The fraction of sp³-hybridized carbons (Fsp3) is 0.182. The molecular weight excluding hydrogens is 386 g/mol. The van der Waals surface area contributed by atoms with Crippen LogP contribution in [0.15, 0.2) is 48.5 Å². The molecule has 1 N–H and O–H groups in total. The zero-order valence-electron chi connectivity index (χ0n) is 16.6. The summed E-state index contributed by atoms with van der Waals surface area (Å²) >= 11 is 1.41. The normalized spacial score (nSPS) is 10.9. The van der Waals surface area contributed by atoms with Gasteiger partial charge in [0.05, 0.1) is 36.2 Å². The maximum Gasteiger partial charge on any atom is 0.265 e. The minimum Gasteiger partial charge on any atom is -0.497 e. The monoisotopic (exact) mass is 407 g/mol. The van der Waals surface area contributed by atoms with Gasteiger partial charge in [-0.05, 0) is 44.2 Å². The molecule has 0 aliphatic carbocycles. The first-order chi connectivity index (χ1) is 14.0. The number of methoxy groups -OCH3 is 2. The van der Waals surface area contributed by atoms with Gasteiger partial charge in [0.25, 0.3) is 5.91 Å². The summed E-state index contributed by atoms with van der Waals surface area (Å²) < 4.78 is 12.5. The van der Waals surface area contributed by atoms with Crippen LogP contribution in [0.4, 0.5) is 5.69 Å². The van der Waals surface area contributed by atoms with Crippen molar-refractivity contribution in [1.82, 2.24) is 9.78 Å². The van der Waals surface area contributed by atoms with Crippen LogP contribution in [0.5, 0.6) is 11.5 Å². The van der Waals surface area contributed by atoms with Gasteiger partial charge in [-0.3, -0.25) is 4.79 Å². The van der Waals surface area contributed by atoms with Gasteiger partial charge in [0.2, 0.25) is 0 Å². The Morgan fingerprint density at radius 1 is 1.03 bits per heavy atom. The molecular formula is C22H21N3O3S. The lowest BCUT2D eigenvalue weighted by Gasteiger charge is -2.11. The van der Waals surface area contributed by atoms with Gasteiger partial charge in [0, 0.05) is 11.5 Å². The fourth-order valence-electron chi connectivity index (χ4n) is 3.12. The standard InChI is InChI=1S/C22H21N3O3S/c1-13-5-7-15(8-6-13)25-22-17(14(2)24-25)12-20(29-22)21(26)23-18-11-16(27-3)9-10-19(18)28-4/h5-12H,1-4H3,(H,23,26). The topological polar surface area (TPSA) is 65.4 Å². The molecule has 0 spiro atoms. The summed E-state index contributed by atoms with van der Waals surface area (Å²) in [6, 6.07) is 15.3. The van der Waals surface area contributed by atoms with Crippen LogP contribution in [0, 0.1) is 13.8 Å². The van der Waals surface area contributed by atoms with E-state index >= 15 is 0 Å². The highest BCUT2D eigenvalue weighted by Gasteiger charge is 2.18. The molecule has 0 saturated carbocycles. The summed E-state index contributed by atoms with van der Waals surface area (Å²) in [6.45, 7) is 4.00. The van der Waals surface area contributed by atoms with Crippen LogP contribution >= 0.6 is 11.3 Å². The van der Waals surface area contributed by atoms with Crippen LogP contribution in [0.1, 0.15) is 20.9 Å². The van der Waals surface area contributed by atoms with Gasteiger partial charge in [-0.15, -0.1) is 11.3 Å². The lowest BCUT2D eigenvalue weighted by molar-refractivity contribution is 0.103. The molecule has 7 heteroatoms. The van der Waals surface area contributed by atoms with E-state index in [2.05, 4.69) is 22.5 Å². The molecule has 0 aliphatic rings. The highest BCUT2D eigenvalue weighted by molar-refractivity contribution is 7.20. The molecule has 4 aromatic rings. The Kier molecular flexibility index (Phi) is 4.98. The molecule has 0 fully saturated rings. The molecule has 2 aromatic heterocycles. The smallest absolute Gasteiger partial charge is 0.265 e. The lowest BCUT2D eigenvalue weighted by Crippen LogP contribution is -2.11. The minimum atomic E-state index is -0.201. The molecule has 0 atom stereocenters. The van der Waals surface area contributed by atoms with E-state index in [0.29, 0.717) is 22.1 Å². The molecule has 29 heavy (non-hydrogen) atoms. The van der Waals surface area contributed by atoms with Crippen molar-refractivity contribution in [2.75, 3.05) is 19.5 Å². The summed E-state index contributed by atoms with van der Waals surface area (Å²) in [5.74, 6) is 1.01. The number of hydrogen-bond acceptors (Lipinski definition) is 5. The molecule has 6 nitrogen and oxygen atoms in total. The highest BCUT2D eigenvalue weighted by atomic mass is 32.1. The SMILES string of the molecule is COc1ccc(OC)c(NC(=O)c2cc3c(C)nn(-c4ccc(C)cc4)c3s2)c1. The summed E-state index contributed by atoms with van der Waals surface area (Å²) in [6.07, 6.45) is 0. The van der Waals surface area contributed by atoms with Gasteiger partial charge in [-0.25, -0.2) is 4.68 Å². The van der Waals surface area contributed by atoms with E-state index in [1.807, 2.05) is 36.7 Å². The molecule has 0 bridgehead atoms. The van der Waals surface area contributed by atoms with Crippen molar-refractivity contribution < 1.29 is 14.3 Å². The van der Waals surface area contributed by atoms with E-state index in [1.54, 1.807) is 32.4 Å². The van der Waals surface area contributed by atoms with Crippen molar-refractivity contribution in [2.24, 2.45) is 0 Å². The van der Waals surface area contributed by atoms with Crippen LogP contribution in [0.25, 0.3) is 15.9 Å². The number of carbonyl (C=O) groups excluding carboxylic acids is 1. The quantitative estimate of drug-likeness (QED) is 0.507. The van der Waals surface area contributed by atoms with Gasteiger partial charge >= 0.3 is 0 Å². The fourth-order valence-corrected chi connectivity index (χ4v) is 4.19. The maximum atomic E-state index is 12.9. The third-order valence-electron chi connectivity index (χ3n) is 4.70. The van der Waals surface area contributed by atoms with Gasteiger partial charge < -0.3 is 14.8 Å². The molecule has 4 rings (SSSR count). The van der Waals surface area contributed by atoms with E-state index in [1.165, 1.54) is 16.9 Å². The van der Waals surface area contributed by atoms with Crippen molar-refractivity contribution >= 4 is 33.1 Å². The lowest BCUT2D eigenvalue weighted by atomic mass is 10.2. The zero-order valence-corrected chi connectivity index (χ0v) is 17.5. The van der Waals surface area contributed by atoms with E-state index in [4.69, 9.17) is 9.47 Å². The third kappa shape index (κ3) is 3.56. The average molecular weight is 407 g/mol. The minimum absolute atomic E-state index is 0.201. The molecule has 0 saturated heterocycles.